The first kappa shape index (κ1) is 15.7. The zero-order valence-corrected chi connectivity index (χ0v) is 15.8. The number of amides is 2. The second-order valence-electron chi connectivity index (χ2n) is 6.52. The van der Waals surface area contributed by atoms with E-state index in [-0.39, 0.29) is 46.1 Å². The molecular formula is C19H18N8O3. The normalized spacial score (nSPS) is 14.7. The molecule has 0 bridgehead atoms. The van der Waals surface area contributed by atoms with E-state index in [2.05, 4.69) is 30.5 Å². The van der Waals surface area contributed by atoms with Crippen LogP contribution in [0.15, 0.2) is 24.8 Å². The van der Waals surface area contributed by atoms with E-state index >= 15 is 0 Å². The molecule has 0 atom stereocenters. The summed E-state index contributed by atoms with van der Waals surface area (Å²) in [6.07, 6.45) is 5.47. The lowest BCUT2D eigenvalue weighted by molar-refractivity contribution is -0.117. The number of fused-ring (bicyclic) bond motifs is 1. The van der Waals surface area contributed by atoms with E-state index in [0.29, 0.717) is 5.52 Å². The number of hydrogen-bond donors (Lipinski definition) is 3. The molecule has 11 nitrogen and oxygen atoms in total. The molecular weight excluding hydrogens is 388 g/mol. The second-order valence-corrected chi connectivity index (χ2v) is 6.52. The highest BCUT2D eigenvalue weighted by atomic mass is 16.5. The number of aromatic nitrogens is 4. The first-order valence-corrected chi connectivity index (χ1v) is 8.88. The molecule has 11 heteroatoms. The number of carbonyl (C=O) groups excluding carboxylic acids is 2. The molecule has 3 aromatic rings. The molecule has 3 N–H and O–H groups in total. The zero-order valence-electron chi connectivity index (χ0n) is 18.8. The number of nitrogens with one attached hydrogen (secondary N) is 3. The molecule has 1 saturated carbocycles. The lowest BCUT2D eigenvalue weighted by atomic mass is 10.2. The van der Waals surface area contributed by atoms with Gasteiger partial charge in [-0.05, 0) is 12.8 Å². The van der Waals surface area contributed by atoms with Crippen molar-refractivity contribution >= 4 is 40.3 Å². The van der Waals surface area contributed by atoms with Gasteiger partial charge >= 0.3 is 0 Å². The van der Waals surface area contributed by atoms with E-state index in [1.165, 1.54) is 30.2 Å². The summed E-state index contributed by atoms with van der Waals surface area (Å²) in [4.78, 5) is 36.5. The van der Waals surface area contributed by atoms with Crippen molar-refractivity contribution in [3.05, 3.63) is 41.8 Å². The Bertz CT molecular complexity index is 1290. The van der Waals surface area contributed by atoms with Crippen molar-refractivity contribution in [2.24, 2.45) is 5.92 Å². The van der Waals surface area contributed by atoms with Crippen molar-refractivity contribution in [3.63, 3.8) is 0 Å². The molecule has 2 amide bonds. The highest BCUT2D eigenvalue weighted by molar-refractivity contribution is 6.01. The first-order chi connectivity index (χ1) is 15.7. The van der Waals surface area contributed by atoms with Gasteiger partial charge in [-0.2, -0.15) is 5.10 Å². The summed E-state index contributed by atoms with van der Waals surface area (Å²) in [5.74, 6) is -0.666. The van der Waals surface area contributed by atoms with Crippen molar-refractivity contribution in [1.29, 1.82) is 0 Å². The smallest absolute Gasteiger partial charge is 0.254 e. The third-order valence-corrected chi connectivity index (χ3v) is 4.54. The summed E-state index contributed by atoms with van der Waals surface area (Å²) in [7, 11) is 1.39. The molecule has 0 unspecified atom stereocenters. The fourth-order valence-corrected chi connectivity index (χ4v) is 2.89. The van der Waals surface area contributed by atoms with E-state index in [1.54, 1.807) is 0 Å². The van der Waals surface area contributed by atoms with Crippen LogP contribution in [0, 0.1) is 12.5 Å². The van der Waals surface area contributed by atoms with Gasteiger partial charge in [0, 0.05) is 29.3 Å². The summed E-state index contributed by atoms with van der Waals surface area (Å²) in [6.45, 7) is 4.62. The van der Waals surface area contributed by atoms with Gasteiger partial charge in [0.25, 0.3) is 5.91 Å². The van der Waals surface area contributed by atoms with Crippen molar-refractivity contribution in [1.82, 2.24) is 24.9 Å². The van der Waals surface area contributed by atoms with Gasteiger partial charge in [0.2, 0.25) is 11.6 Å². The van der Waals surface area contributed by atoms with E-state index in [1.807, 2.05) is 5.32 Å². The second kappa shape index (κ2) is 7.67. The van der Waals surface area contributed by atoms with Gasteiger partial charge in [0.05, 0.1) is 31.1 Å². The van der Waals surface area contributed by atoms with Crippen LogP contribution < -0.4 is 20.7 Å². The molecule has 0 radical (unpaired) electrons. The molecule has 4 rings (SSSR count). The predicted octanol–water partition coefficient (Wildman–Crippen LogP) is 2.14. The van der Waals surface area contributed by atoms with Crippen LogP contribution in [0.5, 0.6) is 5.75 Å². The van der Waals surface area contributed by atoms with Crippen LogP contribution in [-0.4, -0.2) is 45.5 Å². The monoisotopic (exact) mass is 409 g/mol. The molecule has 152 valence electrons. The molecule has 3 aromatic heterocycles. The number of rotatable bonds is 6. The quantitative estimate of drug-likeness (QED) is 0.532. The third kappa shape index (κ3) is 3.46. The van der Waals surface area contributed by atoms with Crippen LogP contribution in [0.25, 0.3) is 10.4 Å². The van der Waals surface area contributed by atoms with Crippen LogP contribution in [0.4, 0.5) is 23.0 Å². The number of ether oxygens (including phenoxy) is 1. The molecule has 0 spiro atoms. The van der Waals surface area contributed by atoms with Crippen molar-refractivity contribution < 1.29 is 18.4 Å². The predicted molar refractivity (Wildman–Crippen MR) is 108 cm³/mol. The largest absolute Gasteiger partial charge is 0.492 e. The standard InChI is InChI=1S/C19H18N8O3/c1-20-13-8-24-27-9-23-17(16(30-3)15(13)27)25-12-6-14(26-18(28)10-4-5-10)22-7-11(12)19(29)21-2/h6-10H,4-5H2,2-3H3,(H,21,29)(H2,22,25,26,28)/i2D3. The lowest BCUT2D eigenvalue weighted by Gasteiger charge is -2.15. The van der Waals surface area contributed by atoms with E-state index < -0.39 is 12.9 Å². The van der Waals surface area contributed by atoms with Crippen molar-refractivity contribution in [2.45, 2.75) is 12.8 Å². The molecule has 1 aliphatic rings. The Labute approximate surface area is 175 Å². The number of methoxy groups -OCH3 is 1. The average molecular weight is 409 g/mol. The number of carbonyl (C=O) groups is 2. The van der Waals surface area contributed by atoms with Gasteiger partial charge in [0.1, 0.15) is 17.7 Å². The number of hydrogen-bond acceptors (Lipinski definition) is 7. The van der Waals surface area contributed by atoms with Gasteiger partial charge in [-0.3, -0.25) is 9.59 Å². The summed E-state index contributed by atoms with van der Waals surface area (Å²) in [6, 6.07) is 1.40. The van der Waals surface area contributed by atoms with Gasteiger partial charge in [-0.1, -0.05) is 0 Å². The van der Waals surface area contributed by atoms with E-state index in [9.17, 15) is 9.59 Å². The van der Waals surface area contributed by atoms with Gasteiger partial charge in [-0.25, -0.2) is 19.3 Å². The maximum Gasteiger partial charge on any atom is 0.254 e. The number of anilines is 3. The minimum atomic E-state index is -2.72. The Morgan fingerprint density at radius 3 is 2.90 bits per heavy atom. The van der Waals surface area contributed by atoms with Crippen LogP contribution in [0.3, 0.4) is 0 Å². The Balaban J connectivity index is 1.76. The summed E-state index contributed by atoms with van der Waals surface area (Å²) in [5.41, 5.74) is 0.606. The van der Waals surface area contributed by atoms with Gasteiger partial charge < -0.3 is 20.7 Å². The molecule has 3 heterocycles. The summed E-state index contributed by atoms with van der Waals surface area (Å²) >= 11 is 0. The maximum absolute atomic E-state index is 12.6. The highest BCUT2D eigenvalue weighted by Gasteiger charge is 2.30. The van der Waals surface area contributed by atoms with Crippen LogP contribution >= 0.6 is 0 Å². The Hall–Kier alpha value is -4.20. The van der Waals surface area contributed by atoms with Gasteiger partial charge in [-0.15, -0.1) is 0 Å². The molecule has 1 fully saturated rings. The van der Waals surface area contributed by atoms with Crippen LogP contribution in [-0.2, 0) is 4.79 Å². The fourth-order valence-electron chi connectivity index (χ4n) is 2.89. The Morgan fingerprint density at radius 2 is 2.20 bits per heavy atom. The third-order valence-electron chi connectivity index (χ3n) is 4.54. The maximum atomic E-state index is 12.6. The molecule has 0 aromatic carbocycles. The number of nitrogens with zero attached hydrogens (tertiary/aromatic N) is 5. The molecule has 30 heavy (non-hydrogen) atoms. The van der Waals surface area contributed by atoms with Crippen LogP contribution in [0.2, 0.25) is 0 Å². The fraction of sp³-hybridized carbons (Fsp3) is 0.263. The summed E-state index contributed by atoms with van der Waals surface area (Å²) in [5, 5.41) is 11.6. The van der Waals surface area contributed by atoms with Gasteiger partial charge in [0.15, 0.2) is 11.6 Å². The van der Waals surface area contributed by atoms with E-state index in [0.717, 1.165) is 19.0 Å². The SMILES string of the molecule is [2H]C([2H])([2H])NC(=O)c1cnc(NC(=O)C2CC2)cc1Nc1ncn2ncc([N+]#[C-])c2c1OC. The first-order valence-electron chi connectivity index (χ1n) is 10.4. The topological polar surface area (TPSA) is 127 Å². The number of pyridine rings is 1. The highest BCUT2D eigenvalue weighted by Crippen LogP contribution is 2.36. The molecule has 1 aliphatic carbocycles. The zero-order chi connectivity index (χ0) is 23.8. The van der Waals surface area contributed by atoms with Crippen LogP contribution in [0.1, 0.15) is 27.3 Å². The minimum Gasteiger partial charge on any atom is -0.492 e. The average Bonchev–Trinajstić information content (AvgIpc) is 3.52. The Morgan fingerprint density at radius 1 is 1.37 bits per heavy atom. The lowest BCUT2D eigenvalue weighted by Crippen LogP contribution is -2.21. The Kier molecular flexibility index (Phi) is 4.01. The molecule has 0 aliphatic heterocycles. The van der Waals surface area contributed by atoms with Crippen molar-refractivity contribution in [3.8, 4) is 5.75 Å². The van der Waals surface area contributed by atoms with Crippen molar-refractivity contribution in [2.75, 3.05) is 24.7 Å². The molecule has 0 saturated heterocycles. The minimum absolute atomic E-state index is 0.0696. The summed E-state index contributed by atoms with van der Waals surface area (Å²) < 4.78 is 28.7. The van der Waals surface area contributed by atoms with E-state index in [4.69, 9.17) is 15.4 Å².